The van der Waals surface area contributed by atoms with Gasteiger partial charge in [0.25, 0.3) is 0 Å². The highest BCUT2D eigenvalue weighted by molar-refractivity contribution is 6.01. The molecule has 1 heterocycles. The van der Waals surface area contributed by atoms with Crippen molar-refractivity contribution in [1.29, 1.82) is 0 Å². The molecule has 0 fully saturated rings. The number of halogens is 2. The fourth-order valence-electron chi connectivity index (χ4n) is 2.32. The first-order valence-electron chi connectivity index (χ1n) is 8.08. The Kier molecular flexibility index (Phi) is 5.46. The summed E-state index contributed by atoms with van der Waals surface area (Å²) in [5.41, 5.74) is 7.39. The number of nitrogens with zero attached hydrogens (tertiary/aromatic N) is 1. The molecule has 0 atom stereocenters. The lowest BCUT2D eigenvalue weighted by Crippen LogP contribution is -2.20. The lowest BCUT2D eigenvalue weighted by molar-refractivity contribution is 0.262. The summed E-state index contributed by atoms with van der Waals surface area (Å²) in [5, 5.41) is 8.12. The van der Waals surface area contributed by atoms with E-state index in [1.807, 2.05) is 0 Å². The summed E-state index contributed by atoms with van der Waals surface area (Å²) in [6.07, 6.45) is 0. The van der Waals surface area contributed by atoms with Gasteiger partial charge in [0.1, 0.15) is 23.3 Å². The van der Waals surface area contributed by atoms with E-state index in [0.717, 1.165) is 5.56 Å². The van der Waals surface area contributed by atoms with Crippen molar-refractivity contribution in [2.75, 3.05) is 21.7 Å². The van der Waals surface area contributed by atoms with Crippen LogP contribution >= 0.6 is 0 Å². The van der Waals surface area contributed by atoms with Gasteiger partial charge in [0.05, 0.1) is 5.69 Å². The number of anilines is 4. The largest absolute Gasteiger partial charge is 0.382 e. The lowest BCUT2D eigenvalue weighted by Gasteiger charge is -2.11. The van der Waals surface area contributed by atoms with Gasteiger partial charge in [-0.3, -0.25) is 0 Å². The van der Waals surface area contributed by atoms with E-state index >= 15 is 0 Å². The van der Waals surface area contributed by atoms with Gasteiger partial charge in [0.2, 0.25) is 0 Å². The smallest absolute Gasteiger partial charge is 0.323 e. The Morgan fingerprint density at radius 2 is 1.74 bits per heavy atom. The van der Waals surface area contributed by atoms with E-state index in [9.17, 15) is 13.6 Å². The van der Waals surface area contributed by atoms with E-state index in [-0.39, 0.29) is 11.6 Å². The van der Waals surface area contributed by atoms with Gasteiger partial charge in [-0.15, -0.1) is 0 Å². The van der Waals surface area contributed by atoms with Crippen LogP contribution in [0.5, 0.6) is 0 Å². The Morgan fingerprint density at radius 1 is 0.963 bits per heavy atom. The van der Waals surface area contributed by atoms with Crippen LogP contribution in [0.3, 0.4) is 0 Å². The van der Waals surface area contributed by atoms with Gasteiger partial charge in [-0.25, -0.2) is 18.6 Å². The maximum absolute atomic E-state index is 13.1. The maximum Gasteiger partial charge on any atom is 0.323 e. The van der Waals surface area contributed by atoms with Crippen molar-refractivity contribution < 1.29 is 13.6 Å². The number of carbonyl (C=O) groups is 1. The van der Waals surface area contributed by atoms with Crippen LogP contribution in [-0.4, -0.2) is 11.0 Å². The number of hydrogen-bond donors (Lipinski definition) is 4. The van der Waals surface area contributed by atoms with Crippen LogP contribution in [0.2, 0.25) is 0 Å². The first-order chi connectivity index (χ1) is 13.0. The second kappa shape index (κ2) is 8.13. The summed E-state index contributed by atoms with van der Waals surface area (Å²) in [6.45, 7) is 0.444. The summed E-state index contributed by atoms with van der Waals surface area (Å²) >= 11 is 0. The van der Waals surface area contributed by atoms with Gasteiger partial charge >= 0.3 is 6.03 Å². The van der Waals surface area contributed by atoms with Gasteiger partial charge in [-0.2, -0.15) is 0 Å². The molecule has 0 aliphatic carbocycles. The summed E-state index contributed by atoms with van der Waals surface area (Å²) < 4.78 is 26.0. The van der Waals surface area contributed by atoms with Crippen molar-refractivity contribution in [3.05, 3.63) is 77.9 Å². The van der Waals surface area contributed by atoms with Crippen molar-refractivity contribution >= 4 is 29.0 Å². The molecule has 27 heavy (non-hydrogen) atoms. The van der Waals surface area contributed by atoms with E-state index in [1.165, 1.54) is 30.3 Å². The average molecular weight is 369 g/mol. The summed E-state index contributed by atoms with van der Waals surface area (Å²) in [5.74, 6) is -0.125. The van der Waals surface area contributed by atoms with Crippen LogP contribution in [0.15, 0.2) is 60.7 Å². The Labute approximate surface area is 154 Å². The van der Waals surface area contributed by atoms with Gasteiger partial charge in [-0.05, 0) is 48.0 Å². The van der Waals surface area contributed by atoms with Crippen molar-refractivity contribution in [1.82, 2.24) is 4.98 Å². The molecular weight excluding hydrogens is 352 g/mol. The number of carbonyl (C=O) groups excluding carboxylic acids is 1. The molecule has 5 N–H and O–H groups in total. The van der Waals surface area contributed by atoms with Crippen molar-refractivity contribution in [2.24, 2.45) is 0 Å². The van der Waals surface area contributed by atoms with E-state index < -0.39 is 11.8 Å². The molecule has 138 valence electrons. The monoisotopic (exact) mass is 369 g/mol. The predicted octanol–water partition coefficient (Wildman–Crippen LogP) is 4.20. The minimum absolute atomic E-state index is 0.119. The van der Waals surface area contributed by atoms with Gasteiger partial charge < -0.3 is 21.7 Å². The maximum atomic E-state index is 13.1. The van der Waals surface area contributed by atoms with E-state index in [1.54, 1.807) is 30.3 Å². The van der Waals surface area contributed by atoms with E-state index in [4.69, 9.17) is 5.73 Å². The molecule has 0 aliphatic rings. The number of nitrogens with two attached hydrogens (primary N) is 1. The van der Waals surface area contributed by atoms with Crippen molar-refractivity contribution in [2.45, 2.75) is 6.54 Å². The minimum atomic E-state index is -0.568. The van der Waals surface area contributed by atoms with Crippen LogP contribution in [0.4, 0.5) is 36.6 Å². The molecule has 0 unspecified atom stereocenters. The van der Waals surface area contributed by atoms with Crippen LogP contribution in [0, 0.1) is 11.6 Å². The number of nitrogen functional groups attached to an aromatic ring is 1. The quantitative estimate of drug-likeness (QED) is 0.542. The molecule has 0 bridgehead atoms. The zero-order valence-electron chi connectivity index (χ0n) is 14.2. The first kappa shape index (κ1) is 18.1. The Morgan fingerprint density at radius 3 is 2.44 bits per heavy atom. The SMILES string of the molecule is Nc1nc(NCc2ccc(F)cc2)ccc1NC(=O)Nc1cccc(F)c1. The summed E-state index contributed by atoms with van der Waals surface area (Å²) in [4.78, 5) is 16.2. The number of hydrogen-bond acceptors (Lipinski definition) is 4. The molecule has 3 aromatic rings. The number of urea groups is 1. The first-order valence-corrected chi connectivity index (χ1v) is 8.08. The number of rotatable bonds is 5. The van der Waals surface area contributed by atoms with Crippen LogP contribution in [0.25, 0.3) is 0 Å². The fraction of sp³-hybridized carbons (Fsp3) is 0.0526. The third-order valence-electron chi connectivity index (χ3n) is 3.64. The van der Waals surface area contributed by atoms with Gasteiger partial charge in [0.15, 0.2) is 0 Å². The topological polar surface area (TPSA) is 92.1 Å². The Bertz CT molecular complexity index is 947. The number of nitrogens with one attached hydrogen (secondary N) is 3. The molecule has 0 radical (unpaired) electrons. The van der Waals surface area contributed by atoms with Crippen LogP contribution in [-0.2, 0) is 6.54 Å². The minimum Gasteiger partial charge on any atom is -0.382 e. The van der Waals surface area contributed by atoms with E-state index in [0.29, 0.717) is 23.7 Å². The summed E-state index contributed by atoms with van der Waals surface area (Å²) in [7, 11) is 0. The second-order valence-corrected chi connectivity index (χ2v) is 5.70. The molecule has 2 aromatic carbocycles. The lowest BCUT2D eigenvalue weighted by atomic mass is 10.2. The molecule has 0 aliphatic heterocycles. The molecular formula is C19H17F2N5O. The van der Waals surface area contributed by atoms with Gasteiger partial charge in [0, 0.05) is 12.2 Å². The third-order valence-corrected chi connectivity index (χ3v) is 3.64. The summed E-state index contributed by atoms with van der Waals surface area (Å²) in [6, 6.07) is 14.3. The average Bonchev–Trinajstić information content (AvgIpc) is 2.63. The normalized spacial score (nSPS) is 10.3. The zero-order chi connectivity index (χ0) is 19.2. The van der Waals surface area contributed by atoms with Crippen LogP contribution < -0.4 is 21.7 Å². The second-order valence-electron chi connectivity index (χ2n) is 5.70. The standard InChI is InChI=1S/C19H17F2N5O/c20-13-6-4-12(5-7-13)11-23-17-9-8-16(18(22)26-17)25-19(27)24-15-3-1-2-14(21)10-15/h1-10H,11H2,(H3,22,23,26)(H2,24,25,27). The number of amides is 2. The van der Waals surface area contributed by atoms with Crippen LogP contribution in [0.1, 0.15) is 5.56 Å². The fourth-order valence-corrected chi connectivity index (χ4v) is 2.32. The highest BCUT2D eigenvalue weighted by Gasteiger charge is 2.08. The molecule has 1 aromatic heterocycles. The molecule has 0 saturated carbocycles. The number of pyridine rings is 1. The molecule has 8 heteroatoms. The highest BCUT2D eigenvalue weighted by Crippen LogP contribution is 2.20. The van der Waals surface area contributed by atoms with Crippen molar-refractivity contribution in [3.63, 3.8) is 0 Å². The zero-order valence-corrected chi connectivity index (χ0v) is 14.2. The molecule has 0 saturated heterocycles. The Balaban J connectivity index is 1.59. The van der Waals surface area contributed by atoms with Gasteiger partial charge in [-0.1, -0.05) is 18.2 Å². The highest BCUT2D eigenvalue weighted by atomic mass is 19.1. The third kappa shape index (κ3) is 5.15. The molecule has 2 amide bonds. The Hall–Kier alpha value is -3.68. The van der Waals surface area contributed by atoms with Crippen molar-refractivity contribution in [3.8, 4) is 0 Å². The number of aromatic nitrogens is 1. The predicted molar refractivity (Wildman–Crippen MR) is 101 cm³/mol. The molecule has 3 rings (SSSR count). The molecule has 0 spiro atoms. The molecule has 6 nitrogen and oxygen atoms in total. The number of benzene rings is 2. The van der Waals surface area contributed by atoms with E-state index in [2.05, 4.69) is 20.9 Å².